The standard InChI is InChI=1S/C19H24N4O3/c1-13-6-5-10-22(19(13)25)12-16(24)23-11-3-2-9-15(23)18-21-20-17(26-18)14-7-4-8-14/h5-6,10,14-15H,2-4,7-9,11-12H2,1H3. The summed E-state index contributed by atoms with van der Waals surface area (Å²) < 4.78 is 7.39. The van der Waals surface area contributed by atoms with Gasteiger partial charge in [-0.25, -0.2) is 0 Å². The average molecular weight is 356 g/mol. The molecule has 26 heavy (non-hydrogen) atoms. The van der Waals surface area contributed by atoms with Crippen LogP contribution in [0.4, 0.5) is 0 Å². The second-order valence-corrected chi connectivity index (χ2v) is 7.33. The van der Waals surface area contributed by atoms with E-state index in [1.54, 1.807) is 30.2 Å². The van der Waals surface area contributed by atoms with Crippen molar-refractivity contribution in [1.29, 1.82) is 0 Å². The topological polar surface area (TPSA) is 81.2 Å². The predicted molar refractivity (Wildman–Crippen MR) is 94.6 cm³/mol. The zero-order valence-electron chi connectivity index (χ0n) is 15.1. The molecule has 2 aromatic rings. The second kappa shape index (κ2) is 7.05. The van der Waals surface area contributed by atoms with E-state index in [0.717, 1.165) is 32.1 Å². The molecule has 0 N–H and O–H groups in total. The minimum atomic E-state index is -0.182. The number of likely N-dealkylation sites (tertiary alicyclic amines) is 1. The summed E-state index contributed by atoms with van der Waals surface area (Å²) in [5, 5.41) is 8.44. The van der Waals surface area contributed by atoms with E-state index in [1.165, 1.54) is 11.0 Å². The fourth-order valence-corrected chi connectivity index (χ4v) is 3.71. The molecule has 1 aliphatic heterocycles. The van der Waals surface area contributed by atoms with Crippen LogP contribution in [0.2, 0.25) is 0 Å². The highest BCUT2D eigenvalue weighted by atomic mass is 16.4. The number of nitrogens with zero attached hydrogens (tertiary/aromatic N) is 4. The Morgan fingerprint density at radius 2 is 2.00 bits per heavy atom. The summed E-state index contributed by atoms with van der Waals surface area (Å²) in [7, 11) is 0. The molecule has 7 nitrogen and oxygen atoms in total. The highest BCUT2D eigenvalue weighted by Crippen LogP contribution is 2.37. The number of pyridine rings is 1. The molecule has 0 radical (unpaired) electrons. The molecule has 7 heteroatoms. The van der Waals surface area contributed by atoms with Gasteiger partial charge in [-0.15, -0.1) is 10.2 Å². The van der Waals surface area contributed by atoms with E-state index in [-0.39, 0.29) is 24.1 Å². The first-order valence-corrected chi connectivity index (χ1v) is 9.42. The molecule has 1 saturated carbocycles. The van der Waals surface area contributed by atoms with E-state index in [2.05, 4.69) is 10.2 Å². The number of aromatic nitrogens is 3. The van der Waals surface area contributed by atoms with Gasteiger partial charge in [0.15, 0.2) is 0 Å². The van der Waals surface area contributed by atoms with Crippen molar-refractivity contribution >= 4 is 5.91 Å². The third kappa shape index (κ3) is 3.18. The van der Waals surface area contributed by atoms with Crippen molar-refractivity contribution in [2.45, 2.75) is 64.0 Å². The Hall–Kier alpha value is -2.44. The molecule has 0 bridgehead atoms. The van der Waals surface area contributed by atoms with Gasteiger partial charge in [0.05, 0.1) is 0 Å². The Morgan fingerprint density at radius 1 is 1.19 bits per heavy atom. The highest BCUT2D eigenvalue weighted by molar-refractivity contribution is 5.76. The van der Waals surface area contributed by atoms with Gasteiger partial charge in [-0.05, 0) is 45.1 Å². The van der Waals surface area contributed by atoms with Crippen LogP contribution in [0.15, 0.2) is 27.5 Å². The Labute approximate surface area is 152 Å². The minimum Gasteiger partial charge on any atom is -0.423 e. The summed E-state index contributed by atoms with van der Waals surface area (Å²) in [6, 6.07) is 3.37. The second-order valence-electron chi connectivity index (χ2n) is 7.33. The van der Waals surface area contributed by atoms with Crippen LogP contribution < -0.4 is 5.56 Å². The number of carbonyl (C=O) groups is 1. The third-order valence-electron chi connectivity index (χ3n) is 5.53. The largest absolute Gasteiger partial charge is 0.423 e. The zero-order valence-corrected chi connectivity index (χ0v) is 15.1. The molecule has 1 unspecified atom stereocenters. The molecule has 1 aliphatic carbocycles. The SMILES string of the molecule is Cc1cccn(CC(=O)N2CCCCC2c2nnc(C3CCC3)o2)c1=O. The molecule has 2 fully saturated rings. The molecule has 0 spiro atoms. The van der Waals surface area contributed by atoms with Crippen LogP contribution in [-0.2, 0) is 11.3 Å². The molecule has 0 aromatic carbocycles. The van der Waals surface area contributed by atoms with Gasteiger partial charge in [0.1, 0.15) is 12.6 Å². The number of hydrogen-bond donors (Lipinski definition) is 0. The average Bonchev–Trinajstić information content (AvgIpc) is 3.06. The summed E-state index contributed by atoms with van der Waals surface area (Å²) in [5.74, 6) is 1.55. The van der Waals surface area contributed by atoms with Crippen LogP contribution in [0.5, 0.6) is 0 Å². The van der Waals surface area contributed by atoms with E-state index in [9.17, 15) is 9.59 Å². The van der Waals surface area contributed by atoms with Crippen molar-refractivity contribution < 1.29 is 9.21 Å². The van der Waals surface area contributed by atoms with E-state index >= 15 is 0 Å². The number of amides is 1. The maximum atomic E-state index is 12.9. The van der Waals surface area contributed by atoms with Gasteiger partial charge in [0.25, 0.3) is 5.56 Å². The van der Waals surface area contributed by atoms with Gasteiger partial charge in [-0.1, -0.05) is 12.5 Å². The molecular formula is C19H24N4O3. The van der Waals surface area contributed by atoms with E-state index in [4.69, 9.17) is 4.42 Å². The summed E-state index contributed by atoms with van der Waals surface area (Å²) >= 11 is 0. The van der Waals surface area contributed by atoms with Gasteiger partial charge >= 0.3 is 0 Å². The Balaban J connectivity index is 1.53. The highest BCUT2D eigenvalue weighted by Gasteiger charge is 2.33. The first-order valence-electron chi connectivity index (χ1n) is 9.42. The van der Waals surface area contributed by atoms with E-state index in [0.29, 0.717) is 29.8 Å². The van der Waals surface area contributed by atoms with Crippen molar-refractivity contribution in [3.05, 3.63) is 46.0 Å². The molecule has 1 amide bonds. The van der Waals surface area contributed by atoms with Crippen LogP contribution >= 0.6 is 0 Å². The number of carbonyl (C=O) groups excluding carboxylic acids is 1. The third-order valence-corrected chi connectivity index (χ3v) is 5.53. The maximum Gasteiger partial charge on any atom is 0.253 e. The van der Waals surface area contributed by atoms with Crippen LogP contribution in [0, 0.1) is 6.92 Å². The Morgan fingerprint density at radius 3 is 2.77 bits per heavy atom. The van der Waals surface area contributed by atoms with Gasteiger partial charge < -0.3 is 13.9 Å². The molecule has 4 rings (SSSR count). The Kier molecular flexibility index (Phi) is 4.61. The fraction of sp³-hybridized carbons (Fsp3) is 0.579. The smallest absolute Gasteiger partial charge is 0.253 e. The zero-order chi connectivity index (χ0) is 18.1. The number of hydrogen-bond acceptors (Lipinski definition) is 5. The van der Waals surface area contributed by atoms with Gasteiger partial charge in [0.2, 0.25) is 17.7 Å². The fourth-order valence-electron chi connectivity index (χ4n) is 3.71. The maximum absolute atomic E-state index is 12.9. The summed E-state index contributed by atoms with van der Waals surface area (Å²) in [6.45, 7) is 2.46. The van der Waals surface area contributed by atoms with Gasteiger partial charge in [0, 0.05) is 24.2 Å². The number of rotatable bonds is 4. The molecule has 1 atom stereocenters. The summed E-state index contributed by atoms with van der Waals surface area (Å²) in [4.78, 5) is 26.9. The van der Waals surface area contributed by atoms with Crippen LogP contribution in [0.25, 0.3) is 0 Å². The first kappa shape index (κ1) is 17.0. The monoisotopic (exact) mass is 356 g/mol. The lowest BCUT2D eigenvalue weighted by atomic mass is 9.85. The van der Waals surface area contributed by atoms with Crippen LogP contribution in [0.1, 0.15) is 67.8 Å². The molecule has 2 aliphatic rings. The summed E-state index contributed by atoms with van der Waals surface area (Å²) in [5.41, 5.74) is 0.511. The van der Waals surface area contributed by atoms with Crippen molar-refractivity contribution in [2.75, 3.05) is 6.54 Å². The lowest BCUT2D eigenvalue weighted by molar-refractivity contribution is -0.136. The first-order chi connectivity index (χ1) is 12.6. The molecule has 2 aromatic heterocycles. The van der Waals surface area contributed by atoms with E-state index in [1.807, 2.05) is 0 Å². The van der Waals surface area contributed by atoms with Crippen molar-refractivity contribution in [2.24, 2.45) is 0 Å². The van der Waals surface area contributed by atoms with Crippen LogP contribution in [0.3, 0.4) is 0 Å². The Bertz CT molecular complexity index is 852. The van der Waals surface area contributed by atoms with E-state index < -0.39 is 0 Å². The van der Waals surface area contributed by atoms with Crippen molar-refractivity contribution in [3.8, 4) is 0 Å². The summed E-state index contributed by atoms with van der Waals surface area (Å²) in [6.07, 6.45) is 7.88. The normalized spacial score (nSPS) is 20.8. The quantitative estimate of drug-likeness (QED) is 0.841. The molecule has 1 saturated heterocycles. The van der Waals surface area contributed by atoms with Crippen molar-refractivity contribution in [1.82, 2.24) is 19.7 Å². The number of aryl methyl sites for hydroxylation is 1. The van der Waals surface area contributed by atoms with Gasteiger partial charge in [-0.2, -0.15) is 0 Å². The minimum absolute atomic E-state index is 0.0423. The predicted octanol–water partition coefficient (Wildman–Crippen LogP) is 2.56. The molecule has 138 valence electrons. The lowest BCUT2D eigenvalue weighted by Gasteiger charge is -2.33. The molecule has 3 heterocycles. The van der Waals surface area contributed by atoms with Crippen molar-refractivity contribution in [3.63, 3.8) is 0 Å². The number of piperidine rings is 1. The van der Waals surface area contributed by atoms with Gasteiger partial charge in [-0.3, -0.25) is 9.59 Å². The van der Waals surface area contributed by atoms with Crippen LogP contribution in [-0.4, -0.2) is 32.1 Å². The lowest BCUT2D eigenvalue weighted by Crippen LogP contribution is -2.42. The molecular weight excluding hydrogens is 332 g/mol.